The number of methoxy groups -OCH3 is 1. The first kappa shape index (κ1) is 26.1. The number of benzene rings is 2. The van der Waals surface area contributed by atoms with Gasteiger partial charge in [-0.25, -0.2) is 0 Å². The van der Waals surface area contributed by atoms with Crippen LogP contribution in [-0.2, 0) is 22.6 Å². The summed E-state index contributed by atoms with van der Waals surface area (Å²) < 4.78 is 19.1. The molecular weight excluding hydrogens is 466 g/mol. The first-order valence-corrected chi connectivity index (χ1v) is 12.6. The topological polar surface area (TPSA) is 76.7 Å². The summed E-state index contributed by atoms with van der Waals surface area (Å²) in [6, 6.07) is 15.9. The van der Waals surface area contributed by atoms with Gasteiger partial charge >= 0.3 is 0 Å². The lowest BCUT2D eigenvalue weighted by Crippen LogP contribution is -2.35. The van der Waals surface area contributed by atoms with Crippen LogP contribution < -0.4 is 9.47 Å². The summed E-state index contributed by atoms with van der Waals surface area (Å²) in [5.74, 6) is 1.16. The average Bonchev–Trinajstić information content (AvgIpc) is 3.57. The molecule has 1 aromatic heterocycles. The number of carbonyl (C=O) groups is 1. The number of carbonyl (C=O) groups excluding carboxylic acids is 1. The van der Waals surface area contributed by atoms with Crippen molar-refractivity contribution in [3.8, 4) is 17.6 Å². The predicted octanol–water partition coefficient (Wildman–Crippen LogP) is 5.35. The van der Waals surface area contributed by atoms with E-state index < -0.39 is 0 Å². The Morgan fingerprint density at radius 3 is 2.92 bits per heavy atom. The Morgan fingerprint density at radius 2 is 2.16 bits per heavy atom. The molecule has 0 aliphatic carbocycles. The molecule has 0 saturated carbocycles. The zero-order valence-corrected chi connectivity index (χ0v) is 21.3. The van der Waals surface area contributed by atoms with Crippen molar-refractivity contribution in [3.05, 3.63) is 78.5 Å². The second kappa shape index (κ2) is 12.8. The molecular formula is C30H33N3O4. The molecule has 1 aliphatic heterocycles. The summed E-state index contributed by atoms with van der Waals surface area (Å²) in [5, 5.41) is 10.1. The van der Waals surface area contributed by atoms with Crippen molar-refractivity contribution in [1.29, 1.82) is 5.26 Å². The molecule has 37 heavy (non-hydrogen) atoms. The molecule has 0 spiro atoms. The standard InChI is InChI=1S/C30H33N3O4/c1-3-17-37-28-13-11-23(19-29(28)35-2)20-33(22-25-8-6-18-36-25)30(34)14-12-24-21-32(16-7-15-31)27-10-5-4-9-26(24)27/h3-5,9-14,19,21,25H,1,6-8,16-18,20,22H2,2H3/b14-12+. The SMILES string of the molecule is C=CCOc1ccc(CN(CC2CCCO2)C(=O)/C=C/c2cn(CCC#N)c3ccccc23)cc1OC. The molecule has 1 unspecified atom stereocenters. The predicted molar refractivity (Wildman–Crippen MR) is 144 cm³/mol. The van der Waals surface area contributed by atoms with Crippen LogP contribution in [0.15, 0.2) is 67.4 Å². The molecule has 4 rings (SSSR count). The summed E-state index contributed by atoms with van der Waals surface area (Å²) in [5.41, 5.74) is 2.94. The summed E-state index contributed by atoms with van der Waals surface area (Å²) >= 11 is 0. The van der Waals surface area contributed by atoms with Crippen LogP contribution in [-0.4, -0.2) is 48.3 Å². The summed E-state index contributed by atoms with van der Waals surface area (Å²) in [6.07, 6.45) is 9.59. The minimum Gasteiger partial charge on any atom is -0.493 e. The minimum atomic E-state index is -0.0877. The van der Waals surface area contributed by atoms with Crippen molar-refractivity contribution in [2.75, 3.05) is 26.9 Å². The number of para-hydroxylation sites is 1. The normalized spacial score (nSPS) is 15.1. The van der Waals surface area contributed by atoms with Crippen LogP contribution in [0.25, 0.3) is 17.0 Å². The maximum Gasteiger partial charge on any atom is 0.246 e. The van der Waals surface area contributed by atoms with E-state index in [1.807, 2.05) is 59.6 Å². The van der Waals surface area contributed by atoms with Gasteiger partial charge in [-0.05, 0) is 42.7 Å². The van der Waals surface area contributed by atoms with E-state index in [1.165, 1.54) is 0 Å². The van der Waals surface area contributed by atoms with Crippen molar-refractivity contribution in [2.24, 2.45) is 0 Å². The fraction of sp³-hybridized carbons (Fsp3) is 0.333. The van der Waals surface area contributed by atoms with Crippen LogP contribution in [0.4, 0.5) is 0 Å². The summed E-state index contributed by atoms with van der Waals surface area (Å²) in [6.45, 7) is 6.35. The fourth-order valence-electron chi connectivity index (χ4n) is 4.60. The number of hydrogen-bond donors (Lipinski definition) is 0. The van der Waals surface area contributed by atoms with E-state index in [4.69, 9.17) is 19.5 Å². The number of aromatic nitrogens is 1. The lowest BCUT2D eigenvalue weighted by Gasteiger charge is -2.25. The van der Waals surface area contributed by atoms with E-state index >= 15 is 0 Å². The van der Waals surface area contributed by atoms with Gasteiger partial charge < -0.3 is 23.7 Å². The lowest BCUT2D eigenvalue weighted by atomic mass is 10.1. The number of aryl methyl sites for hydroxylation is 1. The minimum absolute atomic E-state index is 0.0299. The molecule has 7 nitrogen and oxygen atoms in total. The molecule has 7 heteroatoms. The number of amides is 1. The van der Waals surface area contributed by atoms with Gasteiger partial charge in [0.05, 0.1) is 25.7 Å². The molecule has 0 bridgehead atoms. The second-order valence-corrected chi connectivity index (χ2v) is 8.98. The Bertz CT molecular complexity index is 1300. The largest absolute Gasteiger partial charge is 0.493 e. The molecule has 1 aliphatic rings. The molecule has 1 saturated heterocycles. The van der Waals surface area contributed by atoms with Crippen LogP contribution in [0.3, 0.4) is 0 Å². The smallest absolute Gasteiger partial charge is 0.246 e. The Labute approximate surface area is 218 Å². The Morgan fingerprint density at radius 1 is 1.30 bits per heavy atom. The monoisotopic (exact) mass is 499 g/mol. The number of hydrogen-bond acceptors (Lipinski definition) is 5. The number of rotatable bonds is 12. The van der Waals surface area contributed by atoms with Crippen molar-refractivity contribution in [3.63, 3.8) is 0 Å². The molecule has 2 aromatic carbocycles. The van der Waals surface area contributed by atoms with Gasteiger partial charge in [0, 0.05) is 55.0 Å². The van der Waals surface area contributed by atoms with Gasteiger partial charge in [-0.1, -0.05) is 36.9 Å². The molecule has 1 amide bonds. The first-order valence-electron chi connectivity index (χ1n) is 12.6. The first-order chi connectivity index (χ1) is 18.1. The van der Waals surface area contributed by atoms with Gasteiger partial charge in [0.1, 0.15) is 6.61 Å². The molecule has 0 radical (unpaired) electrons. The maximum absolute atomic E-state index is 13.5. The maximum atomic E-state index is 13.5. The highest BCUT2D eigenvalue weighted by molar-refractivity contribution is 5.96. The average molecular weight is 500 g/mol. The quantitative estimate of drug-likeness (QED) is 0.248. The van der Waals surface area contributed by atoms with E-state index in [9.17, 15) is 4.79 Å². The van der Waals surface area contributed by atoms with Gasteiger partial charge in [-0.15, -0.1) is 0 Å². The third kappa shape index (κ3) is 6.60. The van der Waals surface area contributed by atoms with E-state index in [0.717, 1.165) is 41.5 Å². The lowest BCUT2D eigenvalue weighted by molar-refractivity contribution is -0.128. The van der Waals surface area contributed by atoms with Crippen molar-refractivity contribution in [2.45, 2.75) is 38.5 Å². The molecule has 192 valence electrons. The molecule has 0 N–H and O–H groups in total. The van der Waals surface area contributed by atoms with E-state index in [1.54, 1.807) is 19.3 Å². The van der Waals surface area contributed by atoms with Crippen molar-refractivity contribution >= 4 is 22.9 Å². The van der Waals surface area contributed by atoms with E-state index in [-0.39, 0.29) is 12.0 Å². The highest BCUT2D eigenvalue weighted by atomic mass is 16.5. The van der Waals surface area contributed by atoms with Crippen molar-refractivity contribution < 1.29 is 19.0 Å². The van der Waals surface area contributed by atoms with E-state index in [2.05, 4.69) is 17.2 Å². The Hall–Kier alpha value is -4.02. The molecule has 1 atom stereocenters. The zero-order valence-electron chi connectivity index (χ0n) is 21.3. The molecule has 1 fully saturated rings. The highest BCUT2D eigenvalue weighted by Crippen LogP contribution is 2.29. The zero-order chi connectivity index (χ0) is 26.0. The third-order valence-corrected chi connectivity index (χ3v) is 6.41. The fourth-order valence-corrected chi connectivity index (χ4v) is 4.60. The van der Waals surface area contributed by atoms with Crippen LogP contribution in [0, 0.1) is 11.3 Å². The summed E-state index contributed by atoms with van der Waals surface area (Å²) in [7, 11) is 1.60. The van der Waals surface area contributed by atoms with Gasteiger partial charge in [0.2, 0.25) is 5.91 Å². The van der Waals surface area contributed by atoms with Gasteiger partial charge in [0.15, 0.2) is 11.5 Å². The van der Waals surface area contributed by atoms with Crippen LogP contribution >= 0.6 is 0 Å². The molecule has 3 aromatic rings. The van der Waals surface area contributed by atoms with E-state index in [0.29, 0.717) is 44.2 Å². The number of fused-ring (bicyclic) bond motifs is 1. The second-order valence-electron chi connectivity index (χ2n) is 8.98. The Kier molecular flexibility index (Phi) is 9.01. The van der Waals surface area contributed by atoms with Crippen molar-refractivity contribution in [1.82, 2.24) is 9.47 Å². The number of ether oxygens (including phenoxy) is 3. The van der Waals surface area contributed by atoms with Crippen LogP contribution in [0.5, 0.6) is 11.5 Å². The van der Waals surface area contributed by atoms with Crippen LogP contribution in [0.2, 0.25) is 0 Å². The van der Waals surface area contributed by atoms with Gasteiger partial charge in [-0.2, -0.15) is 5.26 Å². The molecule has 2 heterocycles. The van der Waals surface area contributed by atoms with Crippen LogP contribution in [0.1, 0.15) is 30.4 Å². The summed E-state index contributed by atoms with van der Waals surface area (Å²) in [4.78, 5) is 15.3. The number of nitrogens with zero attached hydrogens (tertiary/aromatic N) is 3. The number of nitriles is 1. The Balaban J connectivity index is 1.56. The highest BCUT2D eigenvalue weighted by Gasteiger charge is 2.22. The third-order valence-electron chi connectivity index (χ3n) is 6.41. The van der Waals surface area contributed by atoms with Gasteiger partial charge in [-0.3, -0.25) is 4.79 Å². The van der Waals surface area contributed by atoms with Gasteiger partial charge in [0.25, 0.3) is 0 Å².